The van der Waals surface area contributed by atoms with E-state index < -0.39 is 0 Å². The summed E-state index contributed by atoms with van der Waals surface area (Å²) in [5.74, 6) is 0.840. The van der Waals surface area contributed by atoms with Gasteiger partial charge >= 0.3 is 0 Å². The summed E-state index contributed by atoms with van der Waals surface area (Å²) in [5.41, 5.74) is 13.0. The Labute approximate surface area is 168 Å². The van der Waals surface area contributed by atoms with E-state index in [0.29, 0.717) is 12.5 Å². The van der Waals surface area contributed by atoms with Gasteiger partial charge in [0.2, 0.25) is 5.91 Å². The van der Waals surface area contributed by atoms with Crippen LogP contribution in [0.5, 0.6) is 0 Å². The Hall–Kier alpha value is -1.60. The third kappa shape index (κ3) is 4.14. The SMILES string of the molecule is NCC1NNC(=O)C2CCC(c3cncc(Sc4cccc(Cl)c4)c3)CC12. The van der Waals surface area contributed by atoms with Crippen LogP contribution in [0.1, 0.15) is 30.7 Å². The summed E-state index contributed by atoms with van der Waals surface area (Å²) >= 11 is 7.76. The normalized spacial score (nSPS) is 27.7. The van der Waals surface area contributed by atoms with Crippen LogP contribution < -0.4 is 16.6 Å². The van der Waals surface area contributed by atoms with E-state index in [1.54, 1.807) is 11.8 Å². The van der Waals surface area contributed by atoms with Gasteiger partial charge in [-0.1, -0.05) is 29.4 Å². The largest absolute Gasteiger partial charge is 0.329 e. The van der Waals surface area contributed by atoms with Gasteiger partial charge in [0.15, 0.2) is 0 Å². The fourth-order valence-corrected chi connectivity index (χ4v) is 5.43. The number of carbonyl (C=O) groups excluding carboxylic acids is 1. The maximum Gasteiger partial charge on any atom is 0.237 e. The lowest BCUT2D eigenvalue weighted by molar-refractivity contribution is -0.133. The first kappa shape index (κ1) is 18.7. The first-order valence-electron chi connectivity index (χ1n) is 9.28. The Morgan fingerprint density at radius 2 is 2.11 bits per heavy atom. The number of fused-ring (bicyclic) bond motifs is 1. The molecule has 4 unspecified atom stereocenters. The number of aromatic nitrogens is 1. The number of rotatable bonds is 4. The quantitative estimate of drug-likeness (QED) is 0.730. The van der Waals surface area contributed by atoms with Crippen molar-refractivity contribution < 1.29 is 4.79 Å². The number of hydrazine groups is 1. The average molecular weight is 403 g/mol. The van der Waals surface area contributed by atoms with Crippen molar-refractivity contribution >= 4 is 29.3 Å². The molecule has 2 aromatic rings. The Bertz CT molecular complexity index is 833. The Morgan fingerprint density at radius 1 is 1.22 bits per heavy atom. The number of nitrogens with one attached hydrogen (secondary N) is 2. The van der Waals surface area contributed by atoms with Gasteiger partial charge in [-0.2, -0.15) is 0 Å². The molecule has 2 heterocycles. The Morgan fingerprint density at radius 3 is 2.93 bits per heavy atom. The van der Waals surface area contributed by atoms with Crippen LogP contribution in [0.2, 0.25) is 5.02 Å². The molecule has 4 atom stereocenters. The van der Waals surface area contributed by atoms with Gasteiger partial charge in [0.05, 0.1) is 0 Å². The number of nitrogens with two attached hydrogens (primary N) is 1. The third-order valence-electron chi connectivity index (χ3n) is 5.63. The number of amides is 1. The number of benzene rings is 1. The first-order valence-corrected chi connectivity index (χ1v) is 10.5. The second-order valence-electron chi connectivity index (χ2n) is 7.27. The van der Waals surface area contributed by atoms with Crippen LogP contribution in [0.4, 0.5) is 0 Å². The Kier molecular flexibility index (Phi) is 5.68. The van der Waals surface area contributed by atoms with Gasteiger partial charge in [-0.3, -0.25) is 15.2 Å². The van der Waals surface area contributed by atoms with Crippen molar-refractivity contribution in [1.82, 2.24) is 15.8 Å². The fraction of sp³-hybridized carbons (Fsp3) is 0.400. The predicted molar refractivity (Wildman–Crippen MR) is 108 cm³/mol. The van der Waals surface area contributed by atoms with Crippen LogP contribution in [-0.4, -0.2) is 23.5 Å². The molecule has 1 amide bonds. The third-order valence-corrected chi connectivity index (χ3v) is 6.81. The minimum Gasteiger partial charge on any atom is -0.329 e. The molecule has 0 spiro atoms. The van der Waals surface area contributed by atoms with Gasteiger partial charge in [-0.15, -0.1) is 0 Å². The minimum absolute atomic E-state index is 0.0630. The minimum atomic E-state index is 0.0630. The second-order valence-corrected chi connectivity index (χ2v) is 8.85. The lowest BCUT2D eigenvalue weighted by Gasteiger charge is -2.43. The highest BCUT2D eigenvalue weighted by Crippen LogP contribution is 2.42. The lowest BCUT2D eigenvalue weighted by Crippen LogP contribution is -2.62. The van der Waals surface area contributed by atoms with Gasteiger partial charge in [-0.25, -0.2) is 5.43 Å². The van der Waals surface area contributed by atoms with Crippen molar-refractivity contribution in [2.24, 2.45) is 17.6 Å². The molecular formula is C20H23ClN4OS. The maximum absolute atomic E-state index is 12.2. The van der Waals surface area contributed by atoms with Crippen LogP contribution in [0.15, 0.2) is 52.5 Å². The molecule has 2 fully saturated rings. The molecule has 27 heavy (non-hydrogen) atoms. The molecule has 1 aromatic heterocycles. The predicted octanol–water partition coefficient (Wildman–Crippen LogP) is 3.35. The van der Waals surface area contributed by atoms with E-state index in [4.69, 9.17) is 17.3 Å². The molecule has 1 saturated carbocycles. The molecule has 4 N–H and O–H groups in total. The highest BCUT2D eigenvalue weighted by molar-refractivity contribution is 7.99. The second kappa shape index (κ2) is 8.19. The average Bonchev–Trinajstić information content (AvgIpc) is 2.68. The molecule has 0 bridgehead atoms. The van der Waals surface area contributed by atoms with Crippen LogP contribution in [-0.2, 0) is 4.79 Å². The summed E-state index contributed by atoms with van der Waals surface area (Å²) in [4.78, 5) is 18.8. The molecule has 1 saturated heterocycles. The lowest BCUT2D eigenvalue weighted by atomic mass is 9.68. The molecule has 5 nitrogen and oxygen atoms in total. The number of hydrogen-bond donors (Lipinski definition) is 3. The topological polar surface area (TPSA) is 80.0 Å². The van der Waals surface area contributed by atoms with Crippen molar-refractivity contribution in [2.45, 2.75) is 41.0 Å². The molecule has 1 aliphatic heterocycles. The fourth-order valence-electron chi connectivity index (χ4n) is 4.26. The molecule has 2 aliphatic rings. The van der Waals surface area contributed by atoms with Gasteiger partial charge in [0.25, 0.3) is 0 Å². The van der Waals surface area contributed by atoms with E-state index in [1.165, 1.54) is 5.56 Å². The van der Waals surface area contributed by atoms with Gasteiger partial charge in [0.1, 0.15) is 0 Å². The van der Waals surface area contributed by atoms with E-state index in [0.717, 1.165) is 34.1 Å². The van der Waals surface area contributed by atoms with Crippen LogP contribution in [0.25, 0.3) is 0 Å². The molecule has 0 radical (unpaired) electrons. The maximum atomic E-state index is 12.2. The van der Waals surface area contributed by atoms with E-state index >= 15 is 0 Å². The summed E-state index contributed by atoms with van der Waals surface area (Å²) in [5, 5.41) is 0.735. The highest BCUT2D eigenvalue weighted by Gasteiger charge is 2.42. The van der Waals surface area contributed by atoms with Crippen LogP contribution in [0, 0.1) is 11.8 Å². The van der Waals surface area contributed by atoms with E-state index in [-0.39, 0.29) is 23.8 Å². The number of hydrogen-bond acceptors (Lipinski definition) is 5. The zero-order valence-corrected chi connectivity index (χ0v) is 16.5. The van der Waals surface area contributed by atoms with Crippen molar-refractivity contribution in [1.29, 1.82) is 0 Å². The number of halogens is 1. The summed E-state index contributed by atoms with van der Waals surface area (Å²) in [6.45, 7) is 0.525. The summed E-state index contributed by atoms with van der Waals surface area (Å²) < 4.78 is 0. The zero-order chi connectivity index (χ0) is 18.8. The smallest absolute Gasteiger partial charge is 0.237 e. The molecular weight excluding hydrogens is 380 g/mol. The Balaban J connectivity index is 1.51. The molecule has 1 aromatic carbocycles. The highest BCUT2D eigenvalue weighted by atomic mass is 35.5. The van der Waals surface area contributed by atoms with E-state index in [1.807, 2.05) is 36.7 Å². The van der Waals surface area contributed by atoms with Crippen molar-refractivity contribution in [3.63, 3.8) is 0 Å². The van der Waals surface area contributed by atoms with Crippen LogP contribution >= 0.6 is 23.4 Å². The van der Waals surface area contributed by atoms with Crippen molar-refractivity contribution in [3.05, 3.63) is 53.3 Å². The van der Waals surface area contributed by atoms with Crippen molar-refractivity contribution in [2.75, 3.05) is 6.54 Å². The number of pyridine rings is 1. The van der Waals surface area contributed by atoms with Crippen LogP contribution in [0.3, 0.4) is 0 Å². The van der Waals surface area contributed by atoms with Gasteiger partial charge in [0, 0.05) is 45.7 Å². The van der Waals surface area contributed by atoms with Crippen molar-refractivity contribution in [3.8, 4) is 0 Å². The molecule has 1 aliphatic carbocycles. The number of carbonyl (C=O) groups is 1. The first-order chi connectivity index (χ1) is 13.1. The molecule has 7 heteroatoms. The summed E-state index contributed by atoms with van der Waals surface area (Å²) in [6.07, 6.45) is 6.70. The van der Waals surface area contributed by atoms with E-state index in [2.05, 4.69) is 21.9 Å². The summed E-state index contributed by atoms with van der Waals surface area (Å²) in [6, 6.07) is 10.2. The monoisotopic (exact) mass is 402 g/mol. The standard InChI is InChI=1S/C20H23ClN4OS/c21-14-2-1-3-15(8-14)27-16-6-13(10-23-11-16)12-4-5-17-18(7-12)19(9-22)24-25-20(17)26/h1-3,6,8,10-12,17-19,24H,4-5,7,9,22H2,(H,25,26). The number of nitrogens with zero attached hydrogens (tertiary/aromatic N) is 1. The van der Waals surface area contributed by atoms with E-state index in [9.17, 15) is 4.79 Å². The molecule has 142 valence electrons. The summed E-state index contributed by atoms with van der Waals surface area (Å²) in [7, 11) is 0. The van der Waals surface area contributed by atoms with Gasteiger partial charge < -0.3 is 5.73 Å². The zero-order valence-electron chi connectivity index (χ0n) is 14.9. The molecule has 4 rings (SSSR count). The van der Waals surface area contributed by atoms with Gasteiger partial charge in [-0.05, 0) is 60.9 Å².